The Balaban J connectivity index is 1.49. The zero-order valence-electron chi connectivity index (χ0n) is 14.9. The van der Waals surface area contributed by atoms with Crippen LogP contribution >= 0.6 is 0 Å². The molecule has 2 N–H and O–H groups in total. The Morgan fingerprint density at radius 3 is 2.44 bits per heavy atom. The van der Waals surface area contributed by atoms with E-state index >= 15 is 0 Å². The largest absolute Gasteiger partial charge is 0.399 e. The summed E-state index contributed by atoms with van der Waals surface area (Å²) in [4.78, 5) is 17.0. The number of carbonyl (C=O) groups is 1. The quantitative estimate of drug-likeness (QED) is 0.854. The van der Waals surface area contributed by atoms with Gasteiger partial charge in [-0.2, -0.15) is 0 Å². The van der Waals surface area contributed by atoms with E-state index in [1.54, 1.807) is 0 Å². The van der Waals surface area contributed by atoms with Crippen LogP contribution in [0.25, 0.3) is 0 Å². The van der Waals surface area contributed by atoms with E-state index in [2.05, 4.69) is 35.2 Å². The third-order valence-electron chi connectivity index (χ3n) is 5.05. The first-order valence-corrected chi connectivity index (χ1v) is 8.98. The first-order valence-electron chi connectivity index (χ1n) is 8.98. The third kappa shape index (κ3) is 4.83. The van der Waals surface area contributed by atoms with Crippen LogP contribution in [-0.4, -0.2) is 41.9 Å². The Morgan fingerprint density at radius 2 is 1.76 bits per heavy atom. The summed E-state index contributed by atoms with van der Waals surface area (Å²) in [6.07, 6.45) is 2.49. The molecular formula is C21H27N3O. The number of nitrogen functional groups attached to an aromatic ring is 1. The van der Waals surface area contributed by atoms with Gasteiger partial charge in [-0.3, -0.25) is 9.69 Å². The minimum atomic E-state index is 0.173. The Bertz CT molecular complexity index is 693. The molecule has 0 radical (unpaired) electrons. The Kier molecular flexibility index (Phi) is 5.71. The van der Waals surface area contributed by atoms with E-state index in [4.69, 9.17) is 5.73 Å². The second-order valence-electron chi connectivity index (χ2n) is 6.92. The molecular weight excluding hydrogens is 310 g/mol. The second-order valence-corrected chi connectivity index (χ2v) is 6.92. The maximum Gasteiger partial charge on any atom is 0.226 e. The minimum absolute atomic E-state index is 0.173. The normalized spacial score (nSPS) is 15.9. The van der Waals surface area contributed by atoms with Gasteiger partial charge >= 0.3 is 0 Å². The van der Waals surface area contributed by atoms with E-state index < -0.39 is 0 Å². The second kappa shape index (κ2) is 8.17. The third-order valence-corrected chi connectivity index (χ3v) is 5.05. The summed E-state index contributed by atoms with van der Waals surface area (Å²) >= 11 is 0. The summed E-state index contributed by atoms with van der Waals surface area (Å²) < 4.78 is 0. The lowest BCUT2D eigenvalue weighted by atomic mass is 10.0. The van der Waals surface area contributed by atoms with Gasteiger partial charge in [0.15, 0.2) is 0 Å². The number of likely N-dealkylation sites (tertiary alicyclic amines) is 1. The lowest BCUT2D eigenvalue weighted by Gasteiger charge is -2.37. The van der Waals surface area contributed by atoms with Gasteiger partial charge in [0.25, 0.3) is 0 Å². The number of rotatable bonds is 5. The topological polar surface area (TPSA) is 49.6 Å². The summed E-state index contributed by atoms with van der Waals surface area (Å²) in [5.41, 5.74) is 8.85. The monoisotopic (exact) mass is 337 g/mol. The van der Waals surface area contributed by atoms with E-state index in [0.717, 1.165) is 38.0 Å². The fourth-order valence-electron chi connectivity index (χ4n) is 3.51. The van der Waals surface area contributed by atoms with Crippen LogP contribution in [0.1, 0.15) is 24.0 Å². The molecule has 0 saturated carbocycles. The van der Waals surface area contributed by atoms with E-state index in [9.17, 15) is 4.79 Å². The molecule has 1 saturated heterocycles. The predicted molar refractivity (Wildman–Crippen MR) is 102 cm³/mol. The van der Waals surface area contributed by atoms with Gasteiger partial charge in [0, 0.05) is 38.4 Å². The molecule has 1 aliphatic rings. The van der Waals surface area contributed by atoms with Gasteiger partial charge in [-0.05, 0) is 36.1 Å². The SMILES string of the molecule is CN(C(=O)Cc1cccc(N)c1)C1CCN(Cc2ccccc2)CC1. The van der Waals surface area contributed by atoms with Crippen molar-refractivity contribution in [3.05, 3.63) is 65.7 Å². The maximum atomic E-state index is 12.6. The lowest BCUT2D eigenvalue weighted by Crippen LogP contribution is -2.45. The van der Waals surface area contributed by atoms with Crippen molar-refractivity contribution in [1.82, 2.24) is 9.80 Å². The van der Waals surface area contributed by atoms with E-state index in [-0.39, 0.29) is 5.91 Å². The summed E-state index contributed by atoms with van der Waals surface area (Å²) in [5.74, 6) is 0.173. The van der Waals surface area contributed by atoms with Crippen LogP contribution < -0.4 is 5.73 Å². The maximum absolute atomic E-state index is 12.6. The van der Waals surface area contributed by atoms with Gasteiger partial charge in [-0.25, -0.2) is 0 Å². The van der Waals surface area contributed by atoms with Crippen molar-refractivity contribution in [1.29, 1.82) is 0 Å². The number of amides is 1. The molecule has 3 rings (SSSR count). The highest BCUT2D eigenvalue weighted by Gasteiger charge is 2.25. The zero-order valence-corrected chi connectivity index (χ0v) is 14.9. The van der Waals surface area contributed by atoms with Gasteiger partial charge < -0.3 is 10.6 Å². The molecule has 0 spiro atoms. The number of carbonyl (C=O) groups excluding carboxylic acids is 1. The molecule has 0 atom stereocenters. The van der Waals surface area contributed by atoms with Crippen molar-refractivity contribution >= 4 is 11.6 Å². The highest BCUT2D eigenvalue weighted by atomic mass is 16.2. The number of anilines is 1. The lowest BCUT2D eigenvalue weighted by molar-refractivity contribution is -0.132. The average molecular weight is 337 g/mol. The van der Waals surface area contributed by atoms with Crippen molar-refractivity contribution in [2.24, 2.45) is 0 Å². The molecule has 0 aliphatic carbocycles. The molecule has 2 aromatic carbocycles. The molecule has 1 heterocycles. The Morgan fingerprint density at radius 1 is 1.08 bits per heavy atom. The number of nitrogens with zero attached hydrogens (tertiary/aromatic N) is 2. The number of hydrogen-bond donors (Lipinski definition) is 1. The van der Waals surface area contributed by atoms with Crippen molar-refractivity contribution in [3.63, 3.8) is 0 Å². The van der Waals surface area contributed by atoms with Gasteiger partial charge in [0.1, 0.15) is 0 Å². The standard InChI is InChI=1S/C21H27N3O/c1-23(21(25)15-18-8-5-9-19(22)14-18)20-10-12-24(13-11-20)16-17-6-3-2-4-7-17/h2-9,14,20H,10-13,15-16,22H2,1H3. The molecule has 132 valence electrons. The predicted octanol–water partition coefficient (Wildman–Crippen LogP) is 2.93. The van der Waals surface area contributed by atoms with Crippen molar-refractivity contribution in [3.8, 4) is 0 Å². The molecule has 4 nitrogen and oxygen atoms in total. The summed E-state index contributed by atoms with van der Waals surface area (Å²) in [6.45, 7) is 3.07. The molecule has 25 heavy (non-hydrogen) atoms. The molecule has 4 heteroatoms. The molecule has 1 aliphatic heterocycles. The van der Waals surface area contributed by atoms with Crippen molar-refractivity contribution in [2.75, 3.05) is 25.9 Å². The minimum Gasteiger partial charge on any atom is -0.399 e. The highest BCUT2D eigenvalue weighted by Crippen LogP contribution is 2.19. The zero-order chi connectivity index (χ0) is 17.6. The van der Waals surface area contributed by atoms with E-state index in [1.165, 1.54) is 5.56 Å². The number of hydrogen-bond acceptors (Lipinski definition) is 3. The van der Waals surface area contributed by atoms with Crippen LogP contribution in [-0.2, 0) is 17.8 Å². The number of piperidine rings is 1. The number of likely N-dealkylation sites (N-methyl/N-ethyl adjacent to an activating group) is 1. The Hall–Kier alpha value is -2.33. The first-order chi connectivity index (χ1) is 12.1. The van der Waals surface area contributed by atoms with Crippen molar-refractivity contribution in [2.45, 2.75) is 31.8 Å². The summed E-state index contributed by atoms with van der Waals surface area (Å²) in [5, 5.41) is 0. The molecule has 1 amide bonds. The van der Waals surface area contributed by atoms with Crippen LogP contribution in [0.3, 0.4) is 0 Å². The van der Waals surface area contributed by atoms with Gasteiger partial charge in [-0.15, -0.1) is 0 Å². The molecule has 0 unspecified atom stereocenters. The van der Waals surface area contributed by atoms with E-state index in [1.807, 2.05) is 36.2 Å². The van der Waals surface area contributed by atoms with E-state index in [0.29, 0.717) is 18.2 Å². The molecule has 1 fully saturated rings. The number of benzene rings is 2. The van der Waals surface area contributed by atoms with Gasteiger partial charge in [0.05, 0.1) is 6.42 Å². The van der Waals surface area contributed by atoms with Crippen LogP contribution in [0, 0.1) is 0 Å². The van der Waals surface area contributed by atoms with Crippen LogP contribution in [0.5, 0.6) is 0 Å². The fourth-order valence-corrected chi connectivity index (χ4v) is 3.51. The first kappa shape index (κ1) is 17.5. The Labute approximate surface area is 150 Å². The summed E-state index contributed by atoms with van der Waals surface area (Å²) in [7, 11) is 1.94. The van der Waals surface area contributed by atoms with Crippen LogP contribution in [0.15, 0.2) is 54.6 Å². The summed E-state index contributed by atoms with van der Waals surface area (Å²) in [6, 6.07) is 18.5. The van der Waals surface area contributed by atoms with Crippen LogP contribution in [0.4, 0.5) is 5.69 Å². The molecule has 2 aromatic rings. The van der Waals surface area contributed by atoms with Gasteiger partial charge in [-0.1, -0.05) is 42.5 Å². The van der Waals surface area contributed by atoms with Crippen LogP contribution in [0.2, 0.25) is 0 Å². The van der Waals surface area contributed by atoms with Gasteiger partial charge in [0.2, 0.25) is 5.91 Å². The smallest absolute Gasteiger partial charge is 0.226 e. The number of nitrogens with two attached hydrogens (primary N) is 1. The molecule has 0 aromatic heterocycles. The van der Waals surface area contributed by atoms with Crippen molar-refractivity contribution < 1.29 is 4.79 Å². The average Bonchev–Trinajstić information content (AvgIpc) is 2.62. The molecule has 0 bridgehead atoms. The highest BCUT2D eigenvalue weighted by molar-refractivity contribution is 5.79. The fraction of sp³-hybridized carbons (Fsp3) is 0.381.